The SMILES string of the molecule is COc1nc(C=CC(=O)NNCCC[C@H](C#N)c2ccccc2C(F)(F)F)ccc1-n1cnc(C)c1. The molecule has 36 heavy (non-hydrogen) atoms. The van der Waals surface area contributed by atoms with E-state index in [2.05, 4.69) is 20.8 Å². The zero-order valence-corrected chi connectivity index (χ0v) is 19.7. The maximum absolute atomic E-state index is 13.2. The number of hydrazine groups is 1. The Bertz CT molecular complexity index is 1260. The molecule has 2 heterocycles. The quantitative estimate of drug-likeness (QED) is 0.245. The van der Waals surface area contributed by atoms with E-state index in [9.17, 15) is 23.2 Å². The monoisotopic (exact) mass is 498 g/mol. The lowest BCUT2D eigenvalue weighted by molar-refractivity contribution is -0.138. The number of alkyl halides is 3. The Morgan fingerprint density at radius 3 is 2.72 bits per heavy atom. The van der Waals surface area contributed by atoms with Crippen molar-refractivity contribution in [3.05, 3.63) is 77.5 Å². The van der Waals surface area contributed by atoms with Gasteiger partial charge in [0.05, 0.1) is 42.4 Å². The van der Waals surface area contributed by atoms with Gasteiger partial charge >= 0.3 is 6.18 Å². The number of hydrogen-bond donors (Lipinski definition) is 2. The lowest BCUT2D eigenvalue weighted by Crippen LogP contribution is -2.36. The number of carbonyl (C=O) groups is 1. The van der Waals surface area contributed by atoms with E-state index < -0.39 is 23.6 Å². The molecule has 0 aliphatic carbocycles. The Kier molecular flexibility index (Phi) is 8.81. The van der Waals surface area contributed by atoms with E-state index in [1.165, 1.54) is 37.5 Å². The summed E-state index contributed by atoms with van der Waals surface area (Å²) in [5.74, 6) is -0.980. The molecule has 0 radical (unpaired) electrons. The van der Waals surface area contributed by atoms with Gasteiger partial charge in [-0.2, -0.15) is 18.4 Å². The third-order valence-corrected chi connectivity index (χ3v) is 5.25. The molecule has 0 unspecified atom stereocenters. The predicted octanol–water partition coefficient (Wildman–Crippen LogP) is 4.32. The van der Waals surface area contributed by atoms with Gasteiger partial charge in [-0.1, -0.05) is 18.2 Å². The summed E-state index contributed by atoms with van der Waals surface area (Å²) in [6, 6.07) is 10.5. The molecule has 0 fully saturated rings. The number of amides is 1. The summed E-state index contributed by atoms with van der Waals surface area (Å²) >= 11 is 0. The molecule has 1 aromatic carbocycles. The van der Waals surface area contributed by atoms with Gasteiger partial charge in [0.2, 0.25) is 5.88 Å². The summed E-state index contributed by atoms with van der Waals surface area (Å²) < 4.78 is 46.8. The molecule has 11 heteroatoms. The minimum atomic E-state index is -4.53. The second-order valence-electron chi connectivity index (χ2n) is 7.85. The van der Waals surface area contributed by atoms with Crippen LogP contribution in [0.5, 0.6) is 5.88 Å². The van der Waals surface area contributed by atoms with Gasteiger partial charge in [-0.3, -0.25) is 10.2 Å². The lowest BCUT2D eigenvalue weighted by Gasteiger charge is -2.16. The molecule has 0 aliphatic heterocycles. The highest BCUT2D eigenvalue weighted by Crippen LogP contribution is 2.36. The maximum atomic E-state index is 13.2. The van der Waals surface area contributed by atoms with E-state index >= 15 is 0 Å². The van der Waals surface area contributed by atoms with Crippen molar-refractivity contribution in [2.24, 2.45) is 0 Å². The summed E-state index contributed by atoms with van der Waals surface area (Å²) in [5, 5.41) is 9.38. The van der Waals surface area contributed by atoms with Crippen molar-refractivity contribution in [1.82, 2.24) is 25.4 Å². The fourth-order valence-electron chi connectivity index (χ4n) is 3.54. The third-order valence-electron chi connectivity index (χ3n) is 5.25. The van der Waals surface area contributed by atoms with Crippen molar-refractivity contribution in [1.29, 1.82) is 5.26 Å². The largest absolute Gasteiger partial charge is 0.479 e. The Labute approximate surface area is 206 Å². The summed E-state index contributed by atoms with van der Waals surface area (Å²) in [6.45, 7) is 2.14. The highest BCUT2D eigenvalue weighted by atomic mass is 19.4. The van der Waals surface area contributed by atoms with Gasteiger partial charge in [0.1, 0.15) is 5.69 Å². The Morgan fingerprint density at radius 1 is 1.28 bits per heavy atom. The molecule has 0 aliphatic rings. The van der Waals surface area contributed by atoms with Crippen LogP contribution in [0.1, 0.15) is 41.3 Å². The van der Waals surface area contributed by atoms with Crippen molar-refractivity contribution in [3.8, 4) is 17.6 Å². The maximum Gasteiger partial charge on any atom is 0.416 e. The summed E-state index contributed by atoms with van der Waals surface area (Å²) in [5.41, 5.74) is 6.40. The molecule has 1 atom stereocenters. The summed E-state index contributed by atoms with van der Waals surface area (Å²) in [6.07, 6.45) is 2.34. The average molecular weight is 499 g/mol. The number of nitriles is 1. The first kappa shape index (κ1) is 26.4. The van der Waals surface area contributed by atoms with E-state index in [4.69, 9.17) is 4.74 Å². The normalized spacial score (nSPS) is 12.3. The first-order valence-corrected chi connectivity index (χ1v) is 11.1. The predicted molar refractivity (Wildman–Crippen MR) is 127 cm³/mol. The molecular weight excluding hydrogens is 473 g/mol. The van der Waals surface area contributed by atoms with Crippen LogP contribution in [0.15, 0.2) is 55.0 Å². The molecule has 8 nitrogen and oxygen atoms in total. The van der Waals surface area contributed by atoms with E-state index in [0.717, 1.165) is 11.8 Å². The number of pyridine rings is 1. The standard InChI is InChI=1S/C25H25F3N6O2/c1-17-15-34(16-30-17)22-11-9-19(32-24(22)36-2)10-12-23(35)33-31-13-5-6-18(14-29)20-7-3-4-8-21(20)25(26,27)28/h3-4,7-12,15-16,18,31H,5-6,13H2,1-2H3,(H,33,35)/t18-/m1/s1. The van der Waals surface area contributed by atoms with Crippen molar-refractivity contribution in [2.75, 3.05) is 13.7 Å². The number of nitrogens with zero attached hydrogens (tertiary/aromatic N) is 4. The molecule has 0 saturated carbocycles. The fraction of sp³-hybridized carbons (Fsp3) is 0.280. The number of imidazole rings is 1. The van der Waals surface area contributed by atoms with Crippen molar-refractivity contribution in [3.63, 3.8) is 0 Å². The number of methoxy groups -OCH3 is 1. The van der Waals surface area contributed by atoms with Crippen LogP contribution in [0, 0.1) is 18.3 Å². The van der Waals surface area contributed by atoms with E-state index in [-0.39, 0.29) is 18.5 Å². The molecule has 0 saturated heterocycles. The molecule has 2 N–H and O–H groups in total. The van der Waals surface area contributed by atoms with Crippen LogP contribution in [-0.4, -0.2) is 34.1 Å². The molecule has 188 valence electrons. The second kappa shape index (κ2) is 12.0. The number of hydrogen-bond acceptors (Lipinski definition) is 6. The number of ether oxygens (including phenoxy) is 1. The van der Waals surface area contributed by atoms with Crippen molar-refractivity contribution >= 4 is 12.0 Å². The average Bonchev–Trinajstić information content (AvgIpc) is 3.30. The number of halogens is 3. The topological polar surface area (TPSA) is 105 Å². The van der Waals surface area contributed by atoms with Gasteiger partial charge in [-0.05, 0) is 49.6 Å². The Hall–Kier alpha value is -4.17. The van der Waals surface area contributed by atoms with E-state index in [1.54, 1.807) is 23.0 Å². The van der Waals surface area contributed by atoms with Crippen LogP contribution in [0.2, 0.25) is 0 Å². The van der Waals surface area contributed by atoms with Crippen molar-refractivity contribution < 1.29 is 22.7 Å². The number of nitrogens with one attached hydrogen (secondary N) is 2. The minimum absolute atomic E-state index is 0.0448. The summed E-state index contributed by atoms with van der Waals surface area (Å²) in [7, 11) is 1.50. The van der Waals surface area contributed by atoms with Gasteiger partial charge in [0.15, 0.2) is 0 Å². The van der Waals surface area contributed by atoms with Crippen molar-refractivity contribution in [2.45, 2.75) is 31.9 Å². The third kappa shape index (κ3) is 6.93. The number of benzene rings is 1. The first-order chi connectivity index (χ1) is 17.2. The molecule has 3 rings (SSSR count). The molecular formula is C25H25F3N6O2. The lowest BCUT2D eigenvalue weighted by atomic mass is 9.91. The molecule has 2 aromatic heterocycles. The zero-order valence-electron chi connectivity index (χ0n) is 19.7. The van der Waals surface area contributed by atoms with E-state index in [0.29, 0.717) is 23.7 Å². The van der Waals surface area contributed by atoms with Crippen LogP contribution >= 0.6 is 0 Å². The van der Waals surface area contributed by atoms with Gasteiger partial charge < -0.3 is 9.30 Å². The zero-order chi connectivity index (χ0) is 26.1. The second-order valence-corrected chi connectivity index (χ2v) is 7.85. The van der Waals surface area contributed by atoms with E-state index in [1.807, 2.05) is 19.2 Å². The number of carbonyl (C=O) groups excluding carboxylic acids is 1. The highest BCUT2D eigenvalue weighted by Gasteiger charge is 2.34. The smallest absolute Gasteiger partial charge is 0.416 e. The Morgan fingerprint density at radius 2 is 2.06 bits per heavy atom. The number of aromatic nitrogens is 3. The number of rotatable bonds is 10. The molecule has 0 spiro atoms. The molecule has 3 aromatic rings. The van der Waals surface area contributed by atoms with Gasteiger partial charge in [0.25, 0.3) is 5.91 Å². The minimum Gasteiger partial charge on any atom is -0.479 e. The fourth-order valence-corrected chi connectivity index (χ4v) is 3.54. The van der Waals surface area contributed by atoms with Crippen LogP contribution in [0.3, 0.4) is 0 Å². The molecule has 0 bridgehead atoms. The van der Waals surface area contributed by atoms with Crippen LogP contribution in [-0.2, 0) is 11.0 Å². The van der Waals surface area contributed by atoms with Gasteiger partial charge in [0, 0.05) is 18.8 Å². The van der Waals surface area contributed by atoms with Crippen LogP contribution in [0.4, 0.5) is 13.2 Å². The van der Waals surface area contributed by atoms with Crippen LogP contribution < -0.4 is 15.6 Å². The number of aryl methyl sites for hydroxylation is 1. The Balaban J connectivity index is 1.49. The van der Waals surface area contributed by atoms with Crippen LogP contribution in [0.25, 0.3) is 11.8 Å². The highest BCUT2D eigenvalue weighted by molar-refractivity contribution is 5.91. The molecule has 1 amide bonds. The van der Waals surface area contributed by atoms with Gasteiger partial charge in [-0.15, -0.1) is 0 Å². The van der Waals surface area contributed by atoms with Gasteiger partial charge in [-0.25, -0.2) is 15.4 Å². The summed E-state index contributed by atoms with van der Waals surface area (Å²) in [4.78, 5) is 20.6. The first-order valence-electron chi connectivity index (χ1n) is 11.1.